The van der Waals surface area contributed by atoms with E-state index >= 15 is 0 Å². The third-order valence-corrected chi connectivity index (χ3v) is 4.45. The molecule has 2 atom stereocenters. The molecule has 7 nitrogen and oxygen atoms in total. The minimum Gasteiger partial charge on any atom is -0.479 e. The maximum absolute atomic E-state index is 11.0. The SMILES string of the molecule is N#Cc1cncc(N2CCC([C@@H]3CC[C@H](C(=O)O)O3)CC2)n1. The van der Waals surface area contributed by atoms with Crippen LogP contribution in [0.3, 0.4) is 0 Å². The summed E-state index contributed by atoms with van der Waals surface area (Å²) in [5, 5.41) is 17.9. The predicted molar refractivity (Wildman–Crippen MR) is 77.2 cm³/mol. The summed E-state index contributed by atoms with van der Waals surface area (Å²) in [4.78, 5) is 21.4. The van der Waals surface area contributed by atoms with E-state index in [-0.39, 0.29) is 6.10 Å². The molecule has 0 saturated carbocycles. The lowest BCUT2D eigenvalue weighted by Gasteiger charge is -2.35. The van der Waals surface area contributed by atoms with Crippen molar-refractivity contribution in [1.29, 1.82) is 5.26 Å². The summed E-state index contributed by atoms with van der Waals surface area (Å²) in [6.07, 6.45) is 5.86. The van der Waals surface area contributed by atoms with Crippen LogP contribution in [0.5, 0.6) is 0 Å². The van der Waals surface area contributed by atoms with Gasteiger partial charge in [-0.1, -0.05) is 0 Å². The zero-order chi connectivity index (χ0) is 15.5. The monoisotopic (exact) mass is 302 g/mol. The van der Waals surface area contributed by atoms with Crippen LogP contribution in [-0.2, 0) is 9.53 Å². The molecule has 0 amide bonds. The Labute approximate surface area is 128 Å². The minimum absolute atomic E-state index is 0.0553. The van der Waals surface area contributed by atoms with Gasteiger partial charge in [-0.25, -0.2) is 9.78 Å². The van der Waals surface area contributed by atoms with Gasteiger partial charge in [0.25, 0.3) is 0 Å². The van der Waals surface area contributed by atoms with E-state index in [4.69, 9.17) is 15.1 Å². The summed E-state index contributed by atoms with van der Waals surface area (Å²) < 4.78 is 5.65. The molecule has 0 spiro atoms. The maximum atomic E-state index is 11.0. The van der Waals surface area contributed by atoms with Gasteiger partial charge in [0, 0.05) is 13.1 Å². The van der Waals surface area contributed by atoms with Crippen molar-refractivity contribution in [3.05, 3.63) is 18.1 Å². The fourth-order valence-electron chi connectivity index (χ4n) is 3.25. The van der Waals surface area contributed by atoms with Crippen molar-refractivity contribution in [1.82, 2.24) is 9.97 Å². The maximum Gasteiger partial charge on any atom is 0.332 e. The van der Waals surface area contributed by atoms with Crippen LogP contribution in [-0.4, -0.2) is 46.3 Å². The van der Waals surface area contributed by atoms with Crippen molar-refractivity contribution in [3.63, 3.8) is 0 Å². The molecular formula is C15H18N4O3. The zero-order valence-corrected chi connectivity index (χ0v) is 12.2. The molecule has 0 radical (unpaired) electrons. The van der Waals surface area contributed by atoms with Crippen LogP contribution in [0.2, 0.25) is 0 Å². The second-order valence-corrected chi connectivity index (χ2v) is 5.78. The minimum atomic E-state index is -0.858. The van der Waals surface area contributed by atoms with Crippen molar-refractivity contribution in [2.45, 2.75) is 37.9 Å². The molecule has 2 aliphatic rings. The van der Waals surface area contributed by atoms with Crippen LogP contribution in [0, 0.1) is 17.2 Å². The van der Waals surface area contributed by atoms with E-state index < -0.39 is 12.1 Å². The number of carboxylic acids is 1. The first-order valence-electron chi connectivity index (χ1n) is 7.52. The Bertz CT molecular complexity index is 593. The quantitative estimate of drug-likeness (QED) is 0.895. The van der Waals surface area contributed by atoms with Gasteiger partial charge in [-0.3, -0.25) is 4.98 Å². The lowest BCUT2D eigenvalue weighted by Crippen LogP contribution is -2.38. The predicted octanol–water partition coefficient (Wildman–Crippen LogP) is 1.20. The lowest BCUT2D eigenvalue weighted by atomic mass is 9.90. The van der Waals surface area contributed by atoms with E-state index in [9.17, 15) is 4.79 Å². The fourth-order valence-corrected chi connectivity index (χ4v) is 3.25. The standard InChI is InChI=1S/C15H18N4O3/c16-7-11-8-17-9-14(18-11)19-5-3-10(4-6-19)12-1-2-13(22-12)15(20)21/h8-10,12-13H,1-6H2,(H,20,21)/t12-,13+/m0/s1. The number of hydrogen-bond acceptors (Lipinski definition) is 6. The first-order chi connectivity index (χ1) is 10.7. The molecule has 1 aromatic rings. The highest BCUT2D eigenvalue weighted by Gasteiger charge is 2.36. The summed E-state index contributed by atoms with van der Waals surface area (Å²) in [6.45, 7) is 1.65. The highest BCUT2D eigenvalue weighted by molar-refractivity contribution is 5.72. The summed E-state index contributed by atoms with van der Waals surface area (Å²) in [6, 6.07) is 2.00. The van der Waals surface area contributed by atoms with Crippen LogP contribution >= 0.6 is 0 Å². The van der Waals surface area contributed by atoms with E-state index in [0.29, 0.717) is 18.0 Å². The number of rotatable bonds is 3. The zero-order valence-electron chi connectivity index (χ0n) is 12.2. The molecule has 3 rings (SSSR count). The largest absolute Gasteiger partial charge is 0.479 e. The highest BCUT2D eigenvalue weighted by atomic mass is 16.5. The van der Waals surface area contributed by atoms with Gasteiger partial charge in [0.2, 0.25) is 0 Å². The van der Waals surface area contributed by atoms with Gasteiger partial charge in [0.1, 0.15) is 11.9 Å². The van der Waals surface area contributed by atoms with Crippen molar-refractivity contribution in [3.8, 4) is 6.07 Å². The van der Waals surface area contributed by atoms with Crippen LogP contribution < -0.4 is 4.90 Å². The molecule has 2 fully saturated rings. The molecule has 1 N–H and O–H groups in total. The molecular weight excluding hydrogens is 284 g/mol. The van der Waals surface area contributed by atoms with E-state index in [1.54, 1.807) is 6.20 Å². The Morgan fingerprint density at radius 2 is 2.09 bits per heavy atom. The van der Waals surface area contributed by atoms with E-state index in [1.807, 2.05) is 6.07 Å². The summed E-state index contributed by atoms with van der Waals surface area (Å²) >= 11 is 0. The molecule has 3 heterocycles. The smallest absolute Gasteiger partial charge is 0.332 e. The summed E-state index contributed by atoms with van der Waals surface area (Å²) in [7, 11) is 0. The molecule has 0 aliphatic carbocycles. The number of carbonyl (C=O) groups is 1. The number of aromatic nitrogens is 2. The van der Waals surface area contributed by atoms with Gasteiger partial charge in [-0.15, -0.1) is 0 Å². The molecule has 116 valence electrons. The Morgan fingerprint density at radius 1 is 1.32 bits per heavy atom. The second-order valence-electron chi connectivity index (χ2n) is 5.78. The third-order valence-electron chi connectivity index (χ3n) is 4.45. The number of piperidine rings is 1. The van der Waals surface area contributed by atoms with Gasteiger partial charge in [-0.2, -0.15) is 5.26 Å². The molecule has 0 aromatic carbocycles. The molecule has 0 unspecified atom stereocenters. The summed E-state index contributed by atoms with van der Waals surface area (Å²) in [5.41, 5.74) is 0.322. The average Bonchev–Trinajstić information content (AvgIpc) is 3.05. The highest BCUT2D eigenvalue weighted by Crippen LogP contribution is 2.32. The normalized spacial score (nSPS) is 25.9. The van der Waals surface area contributed by atoms with Crippen LogP contribution in [0.4, 0.5) is 5.82 Å². The third kappa shape index (κ3) is 3.02. The van der Waals surface area contributed by atoms with Crippen LogP contribution in [0.15, 0.2) is 12.4 Å². The molecule has 1 aromatic heterocycles. The number of ether oxygens (including phenoxy) is 1. The van der Waals surface area contributed by atoms with Crippen LogP contribution in [0.1, 0.15) is 31.4 Å². The van der Waals surface area contributed by atoms with Gasteiger partial charge >= 0.3 is 5.97 Å². The first kappa shape index (κ1) is 14.7. The molecule has 2 saturated heterocycles. The first-order valence-corrected chi connectivity index (χ1v) is 7.52. The molecule has 0 bridgehead atoms. The van der Waals surface area contributed by atoms with Gasteiger partial charge in [-0.05, 0) is 31.6 Å². The second kappa shape index (κ2) is 6.28. The van der Waals surface area contributed by atoms with Crippen molar-refractivity contribution < 1.29 is 14.6 Å². The van der Waals surface area contributed by atoms with Crippen molar-refractivity contribution in [2.24, 2.45) is 5.92 Å². The van der Waals surface area contributed by atoms with E-state index in [2.05, 4.69) is 14.9 Å². The van der Waals surface area contributed by atoms with E-state index in [0.717, 1.165) is 38.2 Å². The molecule has 22 heavy (non-hydrogen) atoms. The fraction of sp³-hybridized carbons (Fsp3) is 0.600. The number of aliphatic carboxylic acids is 1. The Balaban J connectivity index is 1.57. The van der Waals surface area contributed by atoms with Crippen molar-refractivity contribution >= 4 is 11.8 Å². The number of nitriles is 1. The Hall–Kier alpha value is -2.20. The van der Waals surface area contributed by atoms with Crippen LogP contribution in [0.25, 0.3) is 0 Å². The molecule has 2 aliphatic heterocycles. The van der Waals surface area contributed by atoms with Gasteiger partial charge in [0.05, 0.1) is 18.5 Å². The number of hydrogen-bond donors (Lipinski definition) is 1. The number of nitrogens with zero attached hydrogens (tertiary/aromatic N) is 4. The van der Waals surface area contributed by atoms with Gasteiger partial charge < -0.3 is 14.7 Å². The van der Waals surface area contributed by atoms with Crippen molar-refractivity contribution in [2.75, 3.05) is 18.0 Å². The lowest BCUT2D eigenvalue weighted by molar-refractivity contribution is -0.150. The number of carboxylic acid groups (broad SMARTS) is 1. The Kier molecular flexibility index (Phi) is 4.20. The molecule has 7 heteroatoms. The van der Waals surface area contributed by atoms with E-state index in [1.165, 1.54) is 6.20 Å². The number of anilines is 1. The topological polar surface area (TPSA) is 99.3 Å². The Morgan fingerprint density at radius 3 is 2.73 bits per heavy atom. The summed E-state index contributed by atoms with van der Waals surface area (Å²) in [5.74, 6) is 0.268. The average molecular weight is 302 g/mol. The van der Waals surface area contributed by atoms with Gasteiger partial charge in [0.15, 0.2) is 11.8 Å².